The Balaban J connectivity index is -0.000000893. The van der Waals surface area contributed by atoms with Gasteiger partial charge < -0.3 is 51.6 Å². The number of aldehydes is 3. The molecule has 2 amide bonds. The Morgan fingerprint density at radius 2 is 1.09 bits per heavy atom. The van der Waals surface area contributed by atoms with Crippen molar-refractivity contribution in [3.63, 3.8) is 0 Å². The van der Waals surface area contributed by atoms with Gasteiger partial charge in [-0.25, -0.2) is 0 Å². The van der Waals surface area contributed by atoms with Crippen LogP contribution in [-0.2, 0) is 38.4 Å². The molecule has 1 rings (SSSR count). The van der Waals surface area contributed by atoms with Crippen molar-refractivity contribution in [2.24, 2.45) is 11.5 Å². The molecule has 9 N–H and O–H groups in total. The first-order chi connectivity index (χ1) is 21.8. The van der Waals surface area contributed by atoms with Gasteiger partial charge in [-0.3, -0.25) is 43.6 Å². The lowest BCUT2D eigenvalue weighted by Crippen LogP contribution is -2.49. The van der Waals surface area contributed by atoms with Crippen molar-refractivity contribution in [2.75, 3.05) is 92.2 Å². The van der Waals surface area contributed by atoms with Gasteiger partial charge in [-0.05, 0) is 6.42 Å². The molecule has 0 aromatic carbocycles. The van der Waals surface area contributed by atoms with E-state index in [0.717, 1.165) is 19.7 Å². The fourth-order valence-electron chi connectivity index (χ4n) is 3.50. The number of aliphatic hydroxyl groups excluding tert-OH is 1. The molecule has 0 radical (unpaired) electrons. The van der Waals surface area contributed by atoms with Crippen LogP contribution in [0, 0.1) is 0 Å². The number of primary amides is 1. The van der Waals surface area contributed by atoms with Crippen molar-refractivity contribution in [1.82, 2.24) is 24.9 Å². The summed E-state index contributed by atoms with van der Waals surface area (Å²) in [5.41, 5.74) is 9.89. The van der Waals surface area contributed by atoms with Gasteiger partial charge in [0, 0.05) is 72.3 Å². The second kappa shape index (κ2) is 31.1. The van der Waals surface area contributed by atoms with Crippen LogP contribution in [0.4, 0.5) is 0 Å². The van der Waals surface area contributed by atoms with Gasteiger partial charge in [0.2, 0.25) is 11.8 Å². The Labute approximate surface area is 268 Å². The number of nitrogens with two attached hydrogens (primary N) is 2. The molecule has 1 heterocycles. The molecule has 46 heavy (non-hydrogen) atoms. The smallest absolute Gasteiger partial charge is 0.317 e. The molecule has 1 fully saturated rings. The molecule has 19 heteroatoms. The van der Waals surface area contributed by atoms with Gasteiger partial charge in [0.1, 0.15) is 18.9 Å². The number of nitrogens with zero attached hydrogens (tertiary/aromatic N) is 4. The van der Waals surface area contributed by atoms with Crippen molar-refractivity contribution in [2.45, 2.75) is 32.2 Å². The lowest BCUT2D eigenvalue weighted by molar-refractivity contribution is -0.139. The molecular formula is C27H51N7O12. The standard InChI is InChI=1S/C18H31N5O6.C5H10N2O3.C3H6O2.CH4O/c24-12-1-19-17(27)15-22-6-2-20(10-13-25)4-8-23(16-18(28)29)9-5-21(3-7-22)11-14-26;6-3(5(7)10)1-2-4(8)9;1-2-3(4)5;1-2/h12-14H,1-11,15-16H2,(H,19,27)(H,28,29);3H,1-2,6H2,(H2,7,10)(H,8,9);2H2,1H3,(H,4,5);2H,1H3. The number of hydrogen-bond acceptors (Lipinski definition) is 14. The van der Waals surface area contributed by atoms with E-state index in [1.54, 1.807) is 11.8 Å². The summed E-state index contributed by atoms with van der Waals surface area (Å²) in [5.74, 6) is -3.57. The first-order valence-electron chi connectivity index (χ1n) is 14.4. The van der Waals surface area contributed by atoms with Crippen LogP contribution >= 0.6 is 0 Å². The first kappa shape index (κ1) is 46.5. The third-order valence-corrected chi connectivity index (χ3v) is 6.04. The molecule has 19 nitrogen and oxygen atoms in total. The molecule has 0 spiro atoms. The average molecular weight is 666 g/mol. The fraction of sp³-hybridized carbons (Fsp3) is 0.704. The second-order valence-corrected chi connectivity index (χ2v) is 9.54. The van der Waals surface area contributed by atoms with E-state index in [2.05, 4.69) is 5.32 Å². The largest absolute Gasteiger partial charge is 0.481 e. The van der Waals surface area contributed by atoms with E-state index in [1.165, 1.54) is 0 Å². The number of carbonyl (C=O) groups excluding carboxylic acids is 5. The number of aliphatic carboxylic acids is 3. The zero-order valence-electron chi connectivity index (χ0n) is 26.6. The number of carboxylic acid groups (broad SMARTS) is 3. The maximum absolute atomic E-state index is 12.0. The van der Waals surface area contributed by atoms with E-state index >= 15 is 0 Å². The topological polar surface area (TPSA) is 295 Å². The van der Waals surface area contributed by atoms with Crippen LogP contribution in [0.1, 0.15) is 26.2 Å². The number of carboxylic acids is 3. The molecule has 266 valence electrons. The monoisotopic (exact) mass is 665 g/mol. The zero-order valence-corrected chi connectivity index (χ0v) is 26.6. The molecule has 0 bridgehead atoms. The van der Waals surface area contributed by atoms with E-state index in [9.17, 15) is 38.4 Å². The van der Waals surface area contributed by atoms with Crippen molar-refractivity contribution in [1.29, 1.82) is 0 Å². The predicted octanol–water partition coefficient (Wildman–Crippen LogP) is -4.24. The van der Waals surface area contributed by atoms with Crippen LogP contribution in [0.5, 0.6) is 0 Å². The number of rotatable bonds is 15. The van der Waals surface area contributed by atoms with Gasteiger partial charge in [0.25, 0.3) is 0 Å². The minimum Gasteiger partial charge on any atom is -0.481 e. The van der Waals surface area contributed by atoms with Crippen molar-refractivity contribution in [3.8, 4) is 0 Å². The number of carbonyl (C=O) groups is 8. The number of aliphatic hydroxyl groups is 1. The fourth-order valence-corrected chi connectivity index (χ4v) is 3.50. The minimum absolute atomic E-state index is 0.0411. The van der Waals surface area contributed by atoms with Crippen LogP contribution in [0.25, 0.3) is 0 Å². The van der Waals surface area contributed by atoms with Gasteiger partial charge in [0.15, 0.2) is 0 Å². The summed E-state index contributed by atoms with van der Waals surface area (Å²) in [5, 5.41) is 34.5. The van der Waals surface area contributed by atoms with Gasteiger partial charge in [-0.15, -0.1) is 0 Å². The van der Waals surface area contributed by atoms with Crippen molar-refractivity contribution < 1.29 is 58.8 Å². The minimum atomic E-state index is -0.975. The summed E-state index contributed by atoms with van der Waals surface area (Å²) < 4.78 is 0. The van der Waals surface area contributed by atoms with E-state index in [4.69, 9.17) is 31.9 Å². The van der Waals surface area contributed by atoms with Gasteiger partial charge in [0.05, 0.1) is 38.8 Å². The average Bonchev–Trinajstić information content (AvgIpc) is 3.01. The van der Waals surface area contributed by atoms with Crippen molar-refractivity contribution >= 4 is 48.6 Å². The van der Waals surface area contributed by atoms with Crippen LogP contribution < -0.4 is 16.8 Å². The molecule has 1 aliphatic rings. The Morgan fingerprint density at radius 3 is 1.39 bits per heavy atom. The number of amides is 2. The maximum atomic E-state index is 12.0. The molecule has 0 aliphatic carbocycles. The summed E-state index contributed by atoms with van der Waals surface area (Å²) in [6, 6.07) is -0.837. The molecule has 1 aliphatic heterocycles. The summed E-state index contributed by atoms with van der Waals surface area (Å²) >= 11 is 0. The predicted molar refractivity (Wildman–Crippen MR) is 165 cm³/mol. The lowest BCUT2D eigenvalue weighted by atomic mass is 10.1. The summed E-state index contributed by atoms with van der Waals surface area (Å²) in [6.07, 6.45) is 2.43. The molecule has 0 aromatic heterocycles. The van der Waals surface area contributed by atoms with Gasteiger partial charge >= 0.3 is 17.9 Å². The summed E-state index contributed by atoms with van der Waals surface area (Å²) in [4.78, 5) is 92.6. The van der Waals surface area contributed by atoms with E-state index in [1.807, 2.05) is 14.7 Å². The van der Waals surface area contributed by atoms with Crippen LogP contribution in [0.3, 0.4) is 0 Å². The van der Waals surface area contributed by atoms with Gasteiger partial charge in [-0.2, -0.15) is 0 Å². The second-order valence-electron chi connectivity index (χ2n) is 9.54. The molecular weight excluding hydrogens is 614 g/mol. The molecule has 1 unspecified atom stereocenters. The summed E-state index contributed by atoms with van der Waals surface area (Å²) in [6.45, 7) is 6.14. The Bertz CT molecular complexity index is 884. The third kappa shape index (κ3) is 30.2. The first-order valence-corrected chi connectivity index (χ1v) is 14.4. The molecule has 0 aromatic rings. The zero-order chi connectivity index (χ0) is 35.9. The third-order valence-electron chi connectivity index (χ3n) is 6.04. The Hall–Kier alpha value is -3.88. The molecule has 1 atom stereocenters. The quantitative estimate of drug-likeness (QED) is 0.0815. The maximum Gasteiger partial charge on any atom is 0.317 e. The Kier molecular flexibility index (Phi) is 31.5. The van der Waals surface area contributed by atoms with E-state index < -0.39 is 29.9 Å². The Morgan fingerprint density at radius 1 is 0.696 bits per heavy atom. The van der Waals surface area contributed by atoms with Crippen LogP contribution in [0.15, 0.2) is 0 Å². The van der Waals surface area contributed by atoms with Gasteiger partial charge in [-0.1, -0.05) is 6.92 Å². The highest BCUT2D eigenvalue weighted by molar-refractivity contribution is 5.80. The van der Waals surface area contributed by atoms with E-state index in [-0.39, 0.29) is 57.9 Å². The number of hydrogen-bond donors (Lipinski definition) is 7. The molecule has 1 saturated heterocycles. The number of nitrogens with one attached hydrogen (secondary N) is 1. The summed E-state index contributed by atoms with van der Waals surface area (Å²) in [7, 11) is 1.00. The van der Waals surface area contributed by atoms with E-state index in [0.29, 0.717) is 58.6 Å². The van der Waals surface area contributed by atoms with Crippen LogP contribution in [0.2, 0.25) is 0 Å². The highest BCUT2D eigenvalue weighted by Gasteiger charge is 2.19. The van der Waals surface area contributed by atoms with Crippen molar-refractivity contribution in [3.05, 3.63) is 0 Å². The van der Waals surface area contributed by atoms with Crippen LogP contribution in [-0.4, -0.2) is 187 Å². The normalized spacial score (nSPS) is 15.6. The SMILES string of the molecule is CCC(=O)O.CO.NC(=O)C(N)CCC(=O)O.O=CCNC(=O)CN1CCN(CC=O)CCN(CC(=O)O)CCN(CC=O)CC1. The highest BCUT2D eigenvalue weighted by Crippen LogP contribution is 2.00. The molecule has 0 saturated carbocycles. The lowest BCUT2D eigenvalue weighted by Gasteiger charge is -2.32. The highest BCUT2D eigenvalue weighted by atomic mass is 16.4.